The molecule has 0 unspecified atom stereocenters. The number of hydrogen-bond acceptors (Lipinski definition) is 3. The van der Waals surface area contributed by atoms with E-state index in [0.717, 1.165) is 52.2 Å². The van der Waals surface area contributed by atoms with Crippen molar-refractivity contribution in [3.8, 4) is 0 Å². The number of epoxide rings is 1. The molecule has 0 radical (unpaired) electrons. The molecule has 0 aliphatic carbocycles. The van der Waals surface area contributed by atoms with Crippen LogP contribution in [-0.4, -0.2) is 61.1 Å². The molecule has 3 saturated heterocycles. The molecule has 3 aliphatic heterocycles. The van der Waals surface area contributed by atoms with E-state index in [1.54, 1.807) is 0 Å². The summed E-state index contributed by atoms with van der Waals surface area (Å²) >= 11 is 0. The van der Waals surface area contributed by atoms with E-state index in [0.29, 0.717) is 12.0 Å². The number of rotatable bonds is 3. The van der Waals surface area contributed by atoms with Crippen LogP contribution in [0, 0.1) is 5.92 Å². The fourth-order valence-corrected chi connectivity index (χ4v) is 3.26. The van der Waals surface area contributed by atoms with Crippen LogP contribution in [-0.2, 0) is 9.53 Å². The van der Waals surface area contributed by atoms with Crippen molar-refractivity contribution in [2.45, 2.75) is 38.2 Å². The van der Waals surface area contributed by atoms with Crippen LogP contribution in [0.3, 0.4) is 0 Å². The number of amides is 1. The summed E-state index contributed by atoms with van der Waals surface area (Å²) in [6.45, 7) is 6.02. The van der Waals surface area contributed by atoms with Crippen LogP contribution in [0.2, 0.25) is 0 Å². The van der Waals surface area contributed by atoms with Crippen molar-refractivity contribution < 1.29 is 9.53 Å². The van der Waals surface area contributed by atoms with Crippen molar-refractivity contribution >= 4 is 5.91 Å². The predicted molar refractivity (Wildman–Crippen MR) is 69.3 cm³/mol. The Kier molecular flexibility index (Phi) is 3.85. The molecular formula is C14H24N2O2. The third-order valence-electron chi connectivity index (χ3n) is 4.39. The number of carbonyl (C=O) groups is 1. The van der Waals surface area contributed by atoms with E-state index in [9.17, 15) is 4.79 Å². The number of piperidine rings is 2. The Bertz CT molecular complexity index is 298. The molecule has 2 atom stereocenters. The summed E-state index contributed by atoms with van der Waals surface area (Å²) in [6.07, 6.45) is 6.37. The van der Waals surface area contributed by atoms with E-state index in [2.05, 4.69) is 9.80 Å². The summed E-state index contributed by atoms with van der Waals surface area (Å²) < 4.78 is 5.29. The minimum absolute atomic E-state index is 0.246. The number of ether oxygens (including phenoxy) is 1. The lowest BCUT2D eigenvalue weighted by Gasteiger charge is -2.36. The molecule has 18 heavy (non-hydrogen) atoms. The second kappa shape index (κ2) is 5.57. The van der Waals surface area contributed by atoms with Crippen LogP contribution < -0.4 is 0 Å². The van der Waals surface area contributed by atoms with Gasteiger partial charge in [0.1, 0.15) is 0 Å². The van der Waals surface area contributed by atoms with Gasteiger partial charge < -0.3 is 9.64 Å². The van der Waals surface area contributed by atoms with Crippen LogP contribution in [0.25, 0.3) is 0 Å². The summed E-state index contributed by atoms with van der Waals surface area (Å²) in [6, 6.07) is 0. The quantitative estimate of drug-likeness (QED) is 0.706. The van der Waals surface area contributed by atoms with Gasteiger partial charge in [-0.3, -0.25) is 9.69 Å². The van der Waals surface area contributed by atoms with Gasteiger partial charge >= 0.3 is 0 Å². The molecule has 4 nitrogen and oxygen atoms in total. The minimum atomic E-state index is 0.246. The van der Waals surface area contributed by atoms with E-state index in [4.69, 9.17) is 4.74 Å². The van der Waals surface area contributed by atoms with Gasteiger partial charge in [-0.2, -0.15) is 0 Å². The molecule has 3 heterocycles. The van der Waals surface area contributed by atoms with Crippen LogP contribution >= 0.6 is 0 Å². The Balaban J connectivity index is 1.51. The first-order valence-electron chi connectivity index (χ1n) is 7.45. The number of likely N-dealkylation sites (tertiary alicyclic amines) is 2. The highest BCUT2D eigenvalue weighted by Gasteiger charge is 2.32. The summed E-state index contributed by atoms with van der Waals surface area (Å²) in [5.74, 6) is 0.659. The van der Waals surface area contributed by atoms with Crippen LogP contribution in [0.4, 0.5) is 0 Å². The highest BCUT2D eigenvalue weighted by Crippen LogP contribution is 2.22. The number of hydrogen-bond donors (Lipinski definition) is 0. The monoisotopic (exact) mass is 252 g/mol. The lowest BCUT2D eigenvalue weighted by atomic mass is 9.95. The molecule has 102 valence electrons. The molecule has 1 amide bonds. The molecule has 0 N–H and O–H groups in total. The molecular weight excluding hydrogens is 228 g/mol. The Morgan fingerprint density at radius 1 is 1.11 bits per heavy atom. The summed E-state index contributed by atoms with van der Waals surface area (Å²) in [5, 5.41) is 0. The van der Waals surface area contributed by atoms with Gasteiger partial charge in [0.25, 0.3) is 0 Å². The van der Waals surface area contributed by atoms with Crippen molar-refractivity contribution in [2.75, 3.05) is 39.3 Å². The normalized spacial score (nSPS) is 33.4. The van der Waals surface area contributed by atoms with Crippen molar-refractivity contribution in [1.29, 1.82) is 0 Å². The standard InChI is InChI=1S/C14H24N2O2/c17-14(16-7-2-1-3-8-16)12-5-4-6-15(9-12)10-13-11-18-13/h12-13H,1-11H2/t12-,13+/m1/s1. The zero-order valence-corrected chi connectivity index (χ0v) is 11.1. The van der Waals surface area contributed by atoms with E-state index in [1.807, 2.05) is 0 Å². The Labute approximate surface area is 109 Å². The third-order valence-corrected chi connectivity index (χ3v) is 4.39. The Morgan fingerprint density at radius 2 is 1.89 bits per heavy atom. The first kappa shape index (κ1) is 12.4. The second-order valence-electron chi connectivity index (χ2n) is 5.94. The van der Waals surface area contributed by atoms with E-state index < -0.39 is 0 Å². The van der Waals surface area contributed by atoms with Crippen LogP contribution in [0.5, 0.6) is 0 Å². The fourth-order valence-electron chi connectivity index (χ4n) is 3.26. The molecule has 0 aromatic carbocycles. The van der Waals surface area contributed by atoms with Crippen LogP contribution in [0.15, 0.2) is 0 Å². The van der Waals surface area contributed by atoms with E-state index >= 15 is 0 Å². The van der Waals surface area contributed by atoms with Gasteiger partial charge in [0.15, 0.2) is 0 Å². The summed E-state index contributed by atoms with van der Waals surface area (Å²) in [5.41, 5.74) is 0. The summed E-state index contributed by atoms with van der Waals surface area (Å²) in [4.78, 5) is 17.0. The maximum atomic E-state index is 12.5. The highest BCUT2D eigenvalue weighted by molar-refractivity contribution is 5.79. The van der Waals surface area contributed by atoms with Gasteiger partial charge in [-0.1, -0.05) is 0 Å². The second-order valence-corrected chi connectivity index (χ2v) is 5.94. The molecule has 4 heteroatoms. The fraction of sp³-hybridized carbons (Fsp3) is 0.929. The van der Waals surface area contributed by atoms with Crippen molar-refractivity contribution in [3.63, 3.8) is 0 Å². The molecule has 3 fully saturated rings. The first-order valence-corrected chi connectivity index (χ1v) is 7.45. The van der Waals surface area contributed by atoms with Crippen LogP contribution in [0.1, 0.15) is 32.1 Å². The Hall–Kier alpha value is -0.610. The topological polar surface area (TPSA) is 36.1 Å². The van der Waals surface area contributed by atoms with Gasteiger partial charge in [-0.25, -0.2) is 0 Å². The lowest BCUT2D eigenvalue weighted by molar-refractivity contribution is -0.138. The maximum Gasteiger partial charge on any atom is 0.226 e. The number of nitrogens with zero attached hydrogens (tertiary/aromatic N) is 2. The number of carbonyl (C=O) groups excluding carboxylic acids is 1. The average Bonchev–Trinajstić information content (AvgIpc) is 3.23. The SMILES string of the molecule is O=C([C@@H]1CCCN(C[C@H]2CO2)C1)N1CCCCC1. The van der Waals surface area contributed by atoms with E-state index in [1.165, 1.54) is 19.3 Å². The zero-order valence-electron chi connectivity index (χ0n) is 11.1. The highest BCUT2D eigenvalue weighted by atomic mass is 16.6. The summed E-state index contributed by atoms with van der Waals surface area (Å²) in [7, 11) is 0. The van der Waals surface area contributed by atoms with Crippen molar-refractivity contribution in [3.05, 3.63) is 0 Å². The van der Waals surface area contributed by atoms with Gasteiger partial charge in [0, 0.05) is 26.2 Å². The van der Waals surface area contributed by atoms with E-state index in [-0.39, 0.29) is 5.92 Å². The third kappa shape index (κ3) is 3.04. The average molecular weight is 252 g/mol. The van der Waals surface area contributed by atoms with Crippen molar-refractivity contribution in [1.82, 2.24) is 9.80 Å². The molecule has 3 aliphatic rings. The smallest absolute Gasteiger partial charge is 0.226 e. The zero-order chi connectivity index (χ0) is 12.4. The first-order chi connectivity index (χ1) is 8.83. The molecule has 0 aromatic rings. The van der Waals surface area contributed by atoms with Gasteiger partial charge in [0.05, 0.1) is 18.6 Å². The van der Waals surface area contributed by atoms with Crippen molar-refractivity contribution in [2.24, 2.45) is 5.92 Å². The van der Waals surface area contributed by atoms with Gasteiger partial charge in [-0.05, 0) is 38.6 Å². The minimum Gasteiger partial charge on any atom is -0.372 e. The maximum absolute atomic E-state index is 12.5. The Morgan fingerprint density at radius 3 is 2.61 bits per heavy atom. The molecule has 0 saturated carbocycles. The van der Waals surface area contributed by atoms with Gasteiger partial charge in [-0.15, -0.1) is 0 Å². The molecule has 0 aromatic heterocycles. The predicted octanol–water partition coefficient (Wildman–Crippen LogP) is 1.11. The van der Waals surface area contributed by atoms with Gasteiger partial charge in [0.2, 0.25) is 5.91 Å². The molecule has 0 bridgehead atoms. The molecule has 3 rings (SSSR count). The molecule has 0 spiro atoms. The lowest BCUT2D eigenvalue weighted by Crippen LogP contribution is -2.47. The largest absolute Gasteiger partial charge is 0.372 e.